The van der Waals surface area contributed by atoms with Crippen LogP contribution in [0.15, 0.2) is 60.7 Å². The van der Waals surface area contributed by atoms with Crippen LogP contribution in [0, 0.1) is 6.92 Å². The maximum atomic E-state index is 5.53. The van der Waals surface area contributed by atoms with E-state index in [0.29, 0.717) is 6.61 Å². The Hall–Kier alpha value is -3.08. The van der Waals surface area contributed by atoms with Crippen molar-refractivity contribution >= 4 is 11.6 Å². The van der Waals surface area contributed by atoms with Crippen LogP contribution >= 0.6 is 0 Å². The van der Waals surface area contributed by atoms with Crippen LogP contribution in [0.2, 0.25) is 0 Å². The highest BCUT2D eigenvalue weighted by molar-refractivity contribution is 5.77. The van der Waals surface area contributed by atoms with Crippen molar-refractivity contribution in [2.24, 2.45) is 0 Å². The third-order valence-electron chi connectivity index (χ3n) is 4.19. The maximum Gasteiger partial charge on any atom is 0.226 e. The number of aryl methyl sites for hydroxylation is 1. The normalized spacial score (nSPS) is 15.9. The second kappa shape index (κ2) is 6.43. The van der Waals surface area contributed by atoms with Crippen molar-refractivity contribution in [1.82, 2.24) is 14.8 Å². The number of nitrogens with one attached hydrogen (secondary N) is 1. The minimum absolute atomic E-state index is 0.0141. The predicted octanol–water partition coefficient (Wildman–Crippen LogP) is 4.04. The lowest BCUT2D eigenvalue weighted by Gasteiger charge is -2.24. The molecule has 5 heteroatoms. The van der Waals surface area contributed by atoms with Gasteiger partial charge in [-0.1, -0.05) is 30.3 Å². The van der Waals surface area contributed by atoms with Crippen LogP contribution in [-0.2, 0) is 0 Å². The number of hydrogen-bond acceptors (Lipinski definition) is 4. The molecule has 2 aromatic carbocycles. The molecule has 0 aliphatic carbocycles. The van der Waals surface area contributed by atoms with Gasteiger partial charge >= 0.3 is 0 Å². The SMILES string of the molecule is CCOc1ccc(C2=C[C@H](c3ccccc3)n3nc(C)nc3N2)cc1. The van der Waals surface area contributed by atoms with Gasteiger partial charge in [-0.15, -0.1) is 0 Å². The van der Waals surface area contributed by atoms with Gasteiger partial charge in [0.2, 0.25) is 5.95 Å². The molecular formula is C20H20N4O. The molecule has 1 N–H and O–H groups in total. The lowest BCUT2D eigenvalue weighted by molar-refractivity contribution is 0.340. The summed E-state index contributed by atoms with van der Waals surface area (Å²) < 4.78 is 7.47. The second-order valence-corrected chi connectivity index (χ2v) is 5.95. The molecule has 2 heterocycles. The van der Waals surface area contributed by atoms with Gasteiger partial charge < -0.3 is 10.1 Å². The van der Waals surface area contributed by atoms with E-state index >= 15 is 0 Å². The first-order chi connectivity index (χ1) is 12.2. The minimum Gasteiger partial charge on any atom is -0.494 e. The third kappa shape index (κ3) is 3.01. The number of benzene rings is 2. The van der Waals surface area contributed by atoms with Gasteiger partial charge in [0.1, 0.15) is 17.6 Å². The largest absolute Gasteiger partial charge is 0.494 e. The average Bonchev–Trinajstić information content (AvgIpc) is 3.02. The Bertz CT molecular complexity index is 897. The molecular weight excluding hydrogens is 312 g/mol. The minimum atomic E-state index is 0.0141. The van der Waals surface area contributed by atoms with Crippen molar-refractivity contribution in [3.8, 4) is 5.75 Å². The highest BCUT2D eigenvalue weighted by atomic mass is 16.5. The van der Waals surface area contributed by atoms with Crippen molar-refractivity contribution in [2.75, 3.05) is 11.9 Å². The summed E-state index contributed by atoms with van der Waals surface area (Å²) in [5.74, 6) is 2.39. The first-order valence-electron chi connectivity index (χ1n) is 8.45. The summed E-state index contributed by atoms with van der Waals surface area (Å²) in [6, 6.07) is 18.5. The Morgan fingerprint density at radius 1 is 1.08 bits per heavy atom. The zero-order chi connectivity index (χ0) is 17.2. The Kier molecular flexibility index (Phi) is 3.98. The fourth-order valence-corrected chi connectivity index (χ4v) is 3.05. The fraction of sp³-hybridized carbons (Fsp3) is 0.200. The summed E-state index contributed by atoms with van der Waals surface area (Å²) in [6.45, 7) is 4.56. The third-order valence-corrected chi connectivity index (χ3v) is 4.19. The van der Waals surface area contributed by atoms with Gasteiger partial charge in [0.15, 0.2) is 0 Å². The van der Waals surface area contributed by atoms with Gasteiger partial charge in [-0.2, -0.15) is 10.1 Å². The summed E-state index contributed by atoms with van der Waals surface area (Å²) in [6.07, 6.45) is 2.19. The van der Waals surface area contributed by atoms with E-state index in [1.165, 1.54) is 5.56 Å². The molecule has 0 fully saturated rings. The van der Waals surface area contributed by atoms with E-state index in [9.17, 15) is 0 Å². The average molecular weight is 332 g/mol. The molecule has 3 aromatic rings. The molecule has 126 valence electrons. The second-order valence-electron chi connectivity index (χ2n) is 5.95. The van der Waals surface area contributed by atoms with E-state index in [2.05, 4.69) is 45.7 Å². The molecule has 5 nitrogen and oxygen atoms in total. The zero-order valence-electron chi connectivity index (χ0n) is 14.3. The molecule has 0 saturated carbocycles. The van der Waals surface area contributed by atoms with Crippen molar-refractivity contribution in [3.05, 3.63) is 77.6 Å². The lowest BCUT2D eigenvalue weighted by Crippen LogP contribution is -2.20. The first-order valence-corrected chi connectivity index (χ1v) is 8.45. The van der Waals surface area contributed by atoms with E-state index in [1.807, 2.05) is 48.9 Å². The highest BCUT2D eigenvalue weighted by Gasteiger charge is 2.24. The number of aromatic nitrogens is 3. The van der Waals surface area contributed by atoms with Crippen LogP contribution in [0.5, 0.6) is 5.75 Å². The lowest BCUT2D eigenvalue weighted by atomic mass is 10.0. The number of anilines is 1. The maximum absolute atomic E-state index is 5.53. The van der Waals surface area contributed by atoms with Gasteiger partial charge in [-0.25, -0.2) is 4.68 Å². The fourth-order valence-electron chi connectivity index (χ4n) is 3.05. The first kappa shape index (κ1) is 15.4. The van der Waals surface area contributed by atoms with Crippen LogP contribution < -0.4 is 10.1 Å². The van der Waals surface area contributed by atoms with E-state index in [0.717, 1.165) is 28.8 Å². The molecule has 1 aliphatic rings. The molecule has 1 atom stereocenters. The molecule has 0 amide bonds. The Morgan fingerprint density at radius 3 is 2.56 bits per heavy atom. The molecule has 4 rings (SSSR count). The van der Waals surface area contributed by atoms with Gasteiger partial charge in [0.25, 0.3) is 0 Å². The molecule has 25 heavy (non-hydrogen) atoms. The van der Waals surface area contributed by atoms with Gasteiger partial charge in [0, 0.05) is 5.70 Å². The van der Waals surface area contributed by atoms with Crippen molar-refractivity contribution < 1.29 is 4.74 Å². The Morgan fingerprint density at radius 2 is 1.84 bits per heavy atom. The number of fused-ring (bicyclic) bond motifs is 1. The van der Waals surface area contributed by atoms with Crippen LogP contribution in [0.1, 0.15) is 29.9 Å². The molecule has 0 bridgehead atoms. The summed E-state index contributed by atoms with van der Waals surface area (Å²) in [5, 5.41) is 7.95. The number of rotatable bonds is 4. The van der Waals surface area contributed by atoms with Crippen LogP contribution in [0.4, 0.5) is 5.95 Å². The van der Waals surface area contributed by atoms with Crippen molar-refractivity contribution in [1.29, 1.82) is 0 Å². The van der Waals surface area contributed by atoms with Gasteiger partial charge in [0.05, 0.1) is 6.61 Å². The summed E-state index contributed by atoms with van der Waals surface area (Å²) >= 11 is 0. The molecule has 1 aromatic heterocycles. The summed E-state index contributed by atoms with van der Waals surface area (Å²) in [5.41, 5.74) is 3.30. The van der Waals surface area contributed by atoms with E-state index in [4.69, 9.17) is 4.74 Å². The summed E-state index contributed by atoms with van der Waals surface area (Å²) in [7, 11) is 0. The standard InChI is InChI=1S/C20H20N4O/c1-3-25-17-11-9-15(10-12-17)18-13-19(16-7-5-4-6-8-16)24-20(22-18)21-14(2)23-24/h4-13,19H,3H2,1-2H3,(H,21,22,23)/t19-/m1/s1. The molecule has 0 spiro atoms. The van der Waals surface area contributed by atoms with Crippen LogP contribution in [0.25, 0.3) is 5.70 Å². The number of ether oxygens (including phenoxy) is 1. The quantitative estimate of drug-likeness (QED) is 0.783. The number of hydrogen-bond donors (Lipinski definition) is 1. The van der Waals surface area contributed by atoms with Crippen molar-refractivity contribution in [2.45, 2.75) is 19.9 Å². The van der Waals surface area contributed by atoms with Crippen molar-refractivity contribution in [3.63, 3.8) is 0 Å². The van der Waals surface area contributed by atoms with Gasteiger partial charge in [-0.3, -0.25) is 0 Å². The number of nitrogens with zero attached hydrogens (tertiary/aromatic N) is 3. The Labute approximate surface area is 147 Å². The van der Waals surface area contributed by atoms with E-state index < -0.39 is 0 Å². The molecule has 1 aliphatic heterocycles. The predicted molar refractivity (Wildman–Crippen MR) is 98.6 cm³/mol. The smallest absolute Gasteiger partial charge is 0.226 e. The molecule has 0 radical (unpaired) electrons. The monoisotopic (exact) mass is 332 g/mol. The molecule has 0 saturated heterocycles. The molecule has 0 unspecified atom stereocenters. The highest BCUT2D eigenvalue weighted by Crippen LogP contribution is 2.32. The van der Waals surface area contributed by atoms with Gasteiger partial charge in [-0.05, 0) is 55.3 Å². The zero-order valence-corrected chi connectivity index (χ0v) is 14.3. The van der Waals surface area contributed by atoms with E-state index in [1.54, 1.807) is 0 Å². The van der Waals surface area contributed by atoms with Crippen LogP contribution in [0.3, 0.4) is 0 Å². The number of allylic oxidation sites excluding steroid dienone is 1. The van der Waals surface area contributed by atoms with E-state index in [-0.39, 0.29) is 6.04 Å². The topological polar surface area (TPSA) is 52.0 Å². The Balaban J connectivity index is 1.74. The van der Waals surface area contributed by atoms with Crippen LogP contribution in [-0.4, -0.2) is 21.4 Å². The summed E-state index contributed by atoms with van der Waals surface area (Å²) in [4.78, 5) is 4.52.